The van der Waals surface area contributed by atoms with E-state index in [-0.39, 0.29) is 17.8 Å². The smallest absolute Gasteiger partial charge is 0.180 e. The molecule has 1 heterocycles. The Balaban J connectivity index is 2.18. The van der Waals surface area contributed by atoms with Crippen LogP contribution in [0.3, 0.4) is 0 Å². The van der Waals surface area contributed by atoms with E-state index in [4.69, 9.17) is 9.47 Å². The molecule has 2 unspecified atom stereocenters. The molecule has 0 saturated carbocycles. The monoisotopic (exact) mass is 330 g/mol. The highest BCUT2D eigenvalue weighted by molar-refractivity contribution is 5.53. The van der Waals surface area contributed by atoms with Gasteiger partial charge in [0, 0.05) is 5.41 Å². The molecule has 2 atom stereocenters. The van der Waals surface area contributed by atoms with Gasteiger partial charge in [0.05, 0.1) is 12.7 Å². The summed E-state index contributed by atoms with van der Waals surface area (Å²) in [5.41, 5.74) is 2.56. The Labute approximate surface area is 148 Å². The Morgan fingerprint density at radius 3 is 2.54 bits per heavy atom. The van der Waals surface area contributed by atoms with E-state index in [9.17, 15) is 0 Å². The molecule has 2 rings (SSSR count). The van der Waals surface area contributed by atoms with Crippen molar-refractivity contribution in [2.24, 2.45) is 11.3 Å². The molecule has 2 nitrogen and oxygen atoms in total. The summed E-state index contributed by atoms with van der Waals surface area (Å²) in [6.07, 6.45) is 6.98. The fourth-order valence-corrected chi connectivity index (χ4v) is 3.58. The van der Waals surface area contributed by atoms with E-state index in [1.807, 2.05) is 0 Å². The van der Waals surface area contributed by atoms with Crippen molar-refractivity contribution in [3.8, 4) is 0 Å². The van der Waals surface area contributed by atoms with E-state index in [1.54, 1.807) is 0 Å². The standard InChI is InChI=1S/C22H34O2/c1-6-7-9-14-19(15-18-12-10-8-11-13-18)21-23-16-22(4,5)20(24-21)17(2)3/h8,10-13,15,17,20-21H,6-7,9,14,16H2,1-5H3/b19-15+. The number of hydrogen-bond acceptors (Lipinski definition) is 2. The Morgan fingerprint density at radius 1 is 1.21 bits per heavy atom. The van der Waals surface area contributed by atoms with Crippen LogP contribution in [0.1, 0.15) is 65.9 Å². The summed E-state index contributed by atoms with van der Waals surface area (Å²) in [5.74, 6) is 0.486. The second-order valence-electron chi connectivity index (χ2n) is 8.02. The van der Waals surface area contributed by atoms with Crippen LogP contribution in [0.2, 0.25) is 0 Å². The predicted octanol–water partition coefficient (Wildman–Crippen LogP) is 6.07. The zero-order valence-electron chi connectivity index (χ0n) is 16.0. The van der Waals surface area contributed by atoms with Gasteiger partial charge < -0.3 is 9.47 Å². The SMILES string of the molecule is CCCCC/C(=C\c1ccccc1)C1OCC(C)(C)C(C(C)C)O1. The molecule has 1 aliphatic rings. The van der Waals surface area contributed by atoms with Crippen molar-refractivity contribution < 1.29 is 9.47 Å². The molecule has 134 valence electrons. The van der Waals surface area contributed by atoms with Crippen molar-refractivity contribution in [2.45, 2.75) is 72.7 Å². The molecule has 0 bridgehead atoms. The van der Waals surface area contributed by atoms with Gasteiger partial charge in [-0.25, -0.2) is 0 Å². The molecule has 0 radical (unpaired) electrons. The summed E-state index contributed by atoms with van der Waals surface area (Å²) in [6, 6.07) is 10.5. The molecule has 1 aromatic carbocycles. The molecule has 1 aromatic rings. The van der Waals surface area contributed by atoms with Crippen molar-refractivity contribution in [3.05, 3.63) is 41.5 Å². The van der Waals surface area contributed by atoms with Crippen LogP contribution in [0.15, 0.2) is 35.9 Å². The molecule has 24 heavy (non-hydrogen) atoms. The van der Waals surface area contributed by atoms with E-state index in [0.29, 0.717) is 5.92 Å². The van der Waals surface area contributed by atoms with Gasteiger partial charge in [0.25, 0.3) is 0 Å². The Kier molecular flexibility index (Phi) is 7.06. The second-order valence-corrected chi connectivity index (χ2v) is 8.02. The van der Waals surface area contributed by atoms with Crippen LogP contribution in [0, 0.1) is 11.3 Å². The zero-order valence-corrected chi connectivity index (χ0v) is 16.0. The molecule has 0 amide bonds. The molecular weight excluding hydrogens is 296 g/mol. The van der Waals surface area contributed by atoms with Gasteiger partial charge in [-0.3, -0.25) is 0 Å². The van der Waals surface area contributed by atoms with Gasteiger partial charge >= 0.3 is 0 Å². The van der Waals surface area contributed by atoms with Gasteiger partial charge in [-0.05, 0) is 29.9 Å². The average molecular weight is 331 g/mol. The maximum Gasteiger partial charge on any atom is 0.180 e. The maximum absolute atomic E-state index is 6.44. The van der Waals surface area contributed by atoms with E-state index in [2.05, 4.69) is 71.0 Å². The molecule has 0 spiro atoms. The number of benzene rings is 1. The van der Waals surface area contributed by atoms with Crippen molar-refractivity contribution in [3.63, 3.8) is 0 Å². The third-order valence-electron chi connectivity index (χ3n) is 4.78. The first-order valence-corrected chi connectivity index (χ1v) is 9.46. The number of hydrogen-bond donors (Lipinski definition) is 0. The number of unbranched alkanes of at least 4 members (excludes halogenated alkanes) is 2. The molecule has 2 heteroatoms. The molecule has 0 N–H and O–H groups in total. The summed E-state index contributed by atoms with van der Waals surface area (Å²) in [4.78, 5) is 0. The lowest BCUT2D eigenvalue weighted by Crippen LogP contribution is -2.48. The summed E-state index contributed by atoms with van der Waals surface area (Å²) in [5, 5.41) is 0. The quantitative estimate of drug-likeness (QED) is 0.565. The fraction of sp³-hybridized carbons (Fsp3) is 0.636. The molecular formula is C22H34O2. The Morgan fingerprint density at radius 2 is 1.92 bits per heavy atom. The van der Waals surface area contributed by atoms with E-state index < -0.39 is 0 Å². The second kappa shape index (κ2) is 8.82. The molecule has 0 aliphatic carbocycles. The normalized spacial score (nSPS) is 24.3. The third kappa shape index (κ3) is 5.19. The largest absolute Gasteiger partial charge is 0.348 e. The van der Waals surface area contributed by atoms with Crippen LogP contribution >= 0.6 is 0 Å². The molecule has 1 saturated heterocycles. The fourth-order valence-electron chi connectivity index (χ4n) is 3.58. The van der Waals surface area contributed by atoms with Crippen LogP contribution in [0.25, 0.3) is 6.08 Å². The van der Waals surface area contributed by atoms with Crippen molar-refractivity contribution in [1.82, 2.24) is 0 Å². The highest BCUT2D eigenvalue weighted by atomic mass is 16.7. The van der Waals surface area contributed by atoms with Crippen LogP contribution in [0.5, 0.6) is 0 Å². The maximum atomic E-state index is 6.44. The molecule has 1 fully saturated rings. The van der Waals surface area contributed by atoms with Gasteiger partial charge in [-0.15, -0.1) is 0 Å². The van der Waals surface area contributed by atoms with Crippen LogP contribution in [-0.4, -0.2) is 19.0 Å². The van der Waals surface area contributed by atoms with Crippen LogP contribution in [-0.2, 0) is 9.47 Å². The Hall–Kier alpha value is -1.12. The lowest BCUT2D eigenvalue weighted by Gasteiger charge is -2.44. The third-order valence-corrected chi connectivity index (χ3v) is 4.78. The molecule has 0 aromatic heterocycles. The first-order valence-electron chi connectivity index (χ1n) is 9.46. The Bertz CT molecular complexity index is 516. The summed E-state index contributed by atoms with van der Waals surface area (Å²) < 4.78 is 12.6. The average Bonchev–Trinajstić information content (AvgIpc) is 2.54. The topological polar surface area (TPSA) is 18.5 Å². The van der Waals surface area contributed by atoms with Crippen LogP contribution in [0.4, 0.5) is 0 Å². The minimum Gasteiger partial charge on any atom is -0.348 e. The summed E-state index contributed by atoms with van der Waals surface area (Å²) >= 11 is 0. The minimum absolute atomic E-state index is 0.0615. The van der Waals surface area contributed by atoms with E-state index in [0.717, 1.165) is 13.0 Å². The first-order chi connectivity index (χ1) is 11.4. The minimum atomic E-state index is -0.206. The van der Waals surface area contributed by atoms with Crippen molar-refractivity contribution >= 4 is 6.08 Å². The summed E-state index contributed by atoms with van der Waals surface area (Å²) in [7, 11) is 0. The summed E-state index contributed by atoms with van der Waals surface area (Å²) in [6.45, 7) is 12.0. The van der Waals surface area contributed by atoms with Gasteiger partial charge in [0.2, 0.25) is 0 Å². The van der Waals surface area contributed by atoms with Gasteiger partial charge in [0.15, 0.2) is 6.29 Å². The molecule has 1 aliphatic heterocycles. The van der Waals surface area contributed by atoms with Crippen molar-refractivity contribution in [1.29, 1.82) is 0 Å². The van der Waals surface area contributed by atoms with Gasteiger partial charge in [-0.1, -0.05) is 83.9 Å². The van der Waals surface area contributed by atoms with Gasteiger partial charge in [-0.2, -0.15) is 0 Å². The van der Waals surface area contributed by atoms with Crippen molar-refractivity contribution in [2.75, 3.05) is 6.61 Å². The lowest BCUT2D eigenvalue weighted by molar-refractivity contribution is -0.254. The number of rotatable bonds is 7. The lowest BCUT2D eigenvalue weighted by atomic mass is 9.80. The predicted molar refractivity (Wildman–Crippen MR) is 102 cm³/mol. The highest BCUT2D eigenvalue weighted by Gasteiger charge is 2.40. The number of ether oxygens (including phenoxy) is 2. The zero-order chi connectivity index (χ0) is 17.6. The highest BCUT2D eigenvalue weighted by Crippen LogP contribution is 2.37. The van der Waals surface area contributed by atoms with Crippen LogP contribution < -0.4 is 0 Å². The van der Waals surface area contributed by atoms with E-state index >= 15 is 0 Å². The first kappa shape index (κ1) is 19.2. The van der Waals surface area contributed by atoms with Gasteiger partial charge in [0.1, 0.15) is 0 Å². The van der Waals surface area contributed by atoms with E-state index in [1.165, 1.54) is 30.4 Å².